The SMILES string of the molecule is O=C(NN=Cc1cccc2c1ccn2Cc1cc2c(cc1Cl)OCO2)c1ccc(O)c(Cl)c1. The molecular formula is C24H17Cl2N3O4. The molecule has 0 radical (unpaired) electrons. The molecule has 0 unspecified atom stereocenters. The molecule has 33 heavy (non-hydrogen) atoms. The van der Waals surface area contributed by atoms with Gasteiger partial charge in [0.25, 0.3) is 5.91 Å². The predicted octanol–water partition coefficient (Wildman–Crippen LogP) is 5.19. The number of hydrogen-bond donors (Lipinski definition) is 2. The lowest BCUT2D eigenvalue weighted by Gasteiger charge is -2.09. The minimum absolute atomic E-state index is 0.0880. The Morgan fingerprint density at radius 2 is 1.91 bits per heavy atom. The number of carbonyl (C=O) groups excluding carboxylic acids is 1. The average molecular weight is 482 g/mol. The van der Waals surface area contributed by atoms with Crippen molar-refractivity contribution in [1.29, 1.82) is 0 Å². The number of phenols is 1. The van der Waals surface area contributed by atoms with Crippen LogP contribution in [0.1, 0.15) is 21.5 Å². The van der Waals surface area contributed by atoms with Crippen molar-refractivity contribution in [3.05, 3.63) is 87.5 Å². The van der Waals surface area contributed by atoms with Crippen molar-refractivity contribution >= 4 is 46.2 Å². The molecule has 0 bridgehead atoms. The Labute approximate surface area is 198 Å². The summed E-state index contributed by atoms with van der Waals surface area (Å²) >= 11 is 12.3. The van der Waals surface area contributed by atoms with Crippen molar-refractivity contribution in [1.82, 2.24) is 9.99 Å². The van der Waals surface area contributed by atoms with Crippen molar-refractivity contribution in [2.24, 2.45) is 5.10 Å². The number of aromatic hydroxyl groups is 1. The van der Waals surface area contributed by atoms with Crippen LogP contribution in [0.3, 0.4) is 0 Å². The van der Waals surface area contributed by atoms with Gasteiger partial charge in [-0.3, -0.25) is 4.79 Å². The monoisotopic (exact) mass is 481 g/mol. The van der Waals surface area contributed by atoms with E-state index < -0.39 is 5.91 Å². The Morgan fingerprint density at radius 3 is 2.73 bits per heavy atom. The van der Waals surface area contributed by atoms with Crippen LogP contribution < -0.4 is 14.9 Å². The standard InChI is InChI=1S/C24H17Cl2N3O4/c25-18-10-23-22(32-13-33-23)9-16(18)12-29-7-6-17-15(2-1-3-20(17)29)11-27-28-24(31)14-4-5-21(30)19(26)8-14/h1-11,30H,12-13H2,(H,28,31). The molecule has 1 amide bonds. The Balaban J connectivity index is 1.35. The summed E-state index contributed by atoms with van der Waals surface area (Å²) in [7, 11) is 0. The Morgan fingerprint density at radius 1 is 1.09 bits per heavy atom. The van der Waals surface area contributed by atoms with E-state index in [0.717, 1.165) is 22.0 Å². The highest BCUT2D eigenvalue weighted by molar-refractivity contribution is 6.32. The highest BCUT2D eigenvalue weighted by atomic mass is 35.5. The normalized spacial score (nSPS) is 12.5. The summed E-state index contributed by atoms with van der Waals surface area (Å²) in [6, 6.07) is 15.7. The van der Waals surface area contributed by atoms with E-state index in [1.807, 2.05) is 36.5 Å². The van der Waals surface area contributed by atoms with Gasteiger partial charge in [-0.05, 0) is 42.0 Å². The lowest BCUT2D eigenvalue weighted by atomic mass is 10.1. The molecule has 1 aliphatic rings. The first-order valence-corrected chi connectivity index (χ1v) is 10.7. The maximum atomic E-state index is 12.3. The molecule has 2 N–H and O–H groups in total. The van der Waals surface area contributed by atoms with Crippen molar-refractivity contribution in [3.8, 4) is 17.2 Å². The van der Waals surface area contributed by atoms with Gasteiger partial charge in [-0.1, -0.05) is 35.3 Å². The zero-order chi connectivity index (χ0) is 22.9. The number of carbonyl (C=O) groups is 1. The van der Waals surface area contributed by atoms with E-state index >= 15 is 0 Å². The van der Waals surface area contributed by atoms with Crippen LogP contribution in [0.4, 0.5) is 0 Å². The molecular weight excluding hydrogens is 465 g/mol. The summed E-state index contributed by atoms with van der Waals surface area (Å²) < 4.78 is 12.9. The highest BCUT2D eigenvalue weighted by Gasteiger charge is 2.17. The molecule has 0 spiro atoms. The molecule has 5 rings (SSSR count). The van der Waals surface area contributed by atoms with Gasteiger partial charge in [0.15, 0.2) is 11.5 Å². The van der Waals surface area contributed by atoms with Crippen molar-refractivity contribution in [2.45, 2.75) is 6.54 Å². The number of rotatable bonds is 5. The maximum absolute atomic E-state index is 12.3. The minimum atomic E-state index is -0.435. The molecule has 0 atom stereocenters. The van der Waals surface area contributed by atoms with Crippen LogP contribution in [0.25, 0.3) is 10.9 Å². The Hall–Kier alpha value is -3.68. The number of ether oxygens (including phenoxy) is 2. The Bertz CT molecular complexity index is 1410. The van der Waals surface area contributed by atoms with Gasteiger partial charge in [0.05, 0.1) is 11.2 Å². The molecule has 1 aliphatic heterocycles. The van der Waals surface area contributed by atoms with Crippen LogP contribution in [0.5, 0.6) is 17.2 Å². The molecule has 0 saturated carbocycles. The minimum Gasteiger partial charge on any atom is -0.506 e. The molecule has 4 aromatic rings. The summed E-state index contributed by atoms with van der Waals surface area (Å²) in [4.78, 5) is 12.3. The molecule has 0 fully saturated rings. The average Bonchev–Trinajstić information content (AvgIpc) is 3.43. The van der Waals surface area contributed by atoms with Crippen LogP contribution in [0.2, 0.25) is 10.0 Å². The summed E-state index contributed by atoms with van der Waals surface area (Å²) in [5, 5.41) is 15.2. The molecule has 3 aromatic carbocycles. The van der Waals surface area contributed by atoms with Gasteiger partial charge in [0, 0.05) is 45.9 Å². The van der Waals surface area contributed by atoms with Crippen LogP contribution in [0, 0.1) is 0 Å². The number of benzene rings is 3. The molecule has 0 saturated heterocycles. The van der Waals surface area contributed by atoms with Crippen LogP contribution in [-0.2, 0) is 6.54 Å². The smallest absolute Gasteiger partial charge is 0.271 e. The molecule has 0 aliphatic carbocycles. The van der Waals surface area contributed by atoms with Crippen LogP contribution in [-0.4, -0.2) is 28.6 Å². The summed E-state index contributed by atoms with van der Waals surface area (Å²) in [5.74, 6) is 0.811. The van der Waals surface area contributed by atoms with Crippen LogP contribution >= 0.6 is 23.2 Å². The number of halogens is 2. The molecule has 9 heteroatoms. The molecule has 166 valence electrons. The van der Waals surface area contributed by atoms with E-state index in [9.17, 15) is 9.90 Å². The number of phenolic OH excluding ortho intramolecular Hbond substituents is 1. The second-order valence-corrected chi connectivity index (χ2v) is 8.20. The summed E-state index contributed by atoms with van der Waals surface area (Å²) in [5.41, 5.74) is 5.51. The number of nitrogens with one attached hydrogen (secondary N) is 1. The first kappa shape index (κ1) is 21.2. The summed E-state index contributed by atoms with van der Waals surface area (Å²) in [6.07, 6.45) is 3.56. The van der Waals surface area contributed by atoms with Gasteiger partial charge >= 0.3 is 0 Å². The van der Waals surface area contributed by atoms with Gasteiger partial charge in [-0.25, -0.2) is 5.43 Å². The van der Waals surface area contributed by atoms with E-state index in [2.05, 4.69) is 15.1 Å². The fourth-order valence-electron chi connectivity index (χ4n) is 3.63. The summed E-state index contributed by atoms with van der Waals surface area (Å²) in [6.45, 7) is 0.749. The predicted molar refractivity (Wildman–Crippen MR) is 127 cm³/mol. The molecule has 1 aromatic heterocycles. The largest absolute Gasteiger partial charge is 0.506 e. The molecule has 2 heterocycles. The fraction of sp³-hybridized carbons (Fsp3) is 0.0833. The maximum Gasteiger partial charge on any atom is 0.271 e. The van der Waals surface area contributed by atoms with Crippen LogP contribution in [0.15, 0.2) is 65.9 Å². The second kappa shape index (κ2) is 8.69. The topological polar surface area (TPSA) is 85.1 Å². The van der Waals surface area contributed by atoms with Gasteiger partial charge in [-0.2, -0.15) is 5.10 Å². The van der Waals surface area contributed by atoms with E-state index in [4.69, 9.17) is 32.7 Å². The zero-order valence-corrected chi connectivity index (χ0v) is 18.6. The number of fused-ring (bicyclic) bond motifs is 2. The van der Waals surface area contributed by atoms with Gasteiger partial charge in [0.2, 0.25) is 6.79 Å². The van der Waals surface area contributed by atoms with Crippen molar-refractivity contribution < 1.29 is 19.4 Å². The van der Waals surface area contributed by atoms with E-state index in [1.165, 1.54) is 18.2 Å². The third kappa shape index (κ3) is 4.20. The third-order valence-electron chi connectivity index (χ3n) is 5.31. The van der Waals surface area contributed by atoms with E-state index in [0.29, 0.717) is 28.6 Å². The lowest BCUT2D eigenvalue weighted by Crippen LogP contribution is -2.17. The number of hydrogen-bond acceptors (Lipinski definition) is 5. The third-order valence-corrected chi connectivity index (χ3v) is 5.96. The first-order chi connectivity index (χ1) is 16.0. The molecule has 7 nitrogen and oxygen atoms in total. The lowest BCUT2D eigenvalue weighted by molar-refractivity contribution is 0.0955. The van der Waals surface area contributed by atoms with E-state index in [-0.39, 0.29) is 17.6 Å². The van der Waals surface area contributed by atoms with Crippen molar-refractivity contribution in [3.63, 3.8) is 0 Å². The number of hydrazone groups is 1. The van der Waals surface area contributed by atoms with Gasteiger partial charge < -0.3 is 19.1 Å². The number of nitrogens with zero attached hydrogens (tertiary/aromatic N) is 2. The second-order valence-electron chi connectivity index (χ2n) is 7.39. The van der Waals surface area contributed by atoms with E-state index in [1.54, 1.807) is 12.3 Å². The fourth-order valence-corrected chi connectivity index (χ4v) is 4.03. The van der Waals surface area contributed by atoms with Gasteiger partial charge in [0.1, 0.15) is 5.75 Å². The first-order valence-electron chi connectivity index (χ1n) is 9.97. The quantitative estimate of drug-likeness (QED) is 0.303. The number of aromatic nitrogens is 1. The Kier molecular flexibility index (Phi) is 5.58. The zero-order valence-electron chi connectivity index (χ0n) is 17.1. The number of amides is 1. The van der Waals surface area contributed by atoms with Gasteiger partial charge in [-0.15, -0.1) is 0 Å². The van der Waals surface area contributed by atoms with Crippen molar-refractivity contribution in [2.75, 3.05) is 6.79 Å². The highest BCUT2D eigenvalue weighted by Crippen LogP contribution is 2.37.